The molecule has 2 N–H and O–H groups in total. The Kier molecular flexibility index (Phi) is 5.97. The zero-order chi connectivity index (χ0) is 21.4. The van der Waals surface area contributed by atoms with Crippen molar-refractivity contribution in [3.8, 4) is 0 Å². The molecule has 1 aromatic rings. The van der Waals surface area contributed by atoms with Crippen LogP contribution in [0, 0.1) is 12.7 Å². The van der Waals surface area contributed by atoms with Crippen LogP contribution in [0.2, 0.25) is 0 Å². The van der Waals surface area contributed by atoms with E-state index in [-0.39, 0.29) is 23.7 Å². The Hall–Kier alpha value is -2.19. The molecule has 3 heterocycles. The molecule has 8 heteroatoms. The van der Waals surface area contributed by atoms with Gasteiger partial charge < -0.3 is 20.4 Å². The van der Waals surface area contributed by atoms with Crippen molar-refractivity contribution in [1.29, 1.82) is 0 Å². The number of likely N-dealkylation sites (tertiary alicyclic amines) is 1. The predicted octanol–water partition coefficient (Wildman–Crippen LogP) is 0.824. The van der Waals surface area contributed by atoms with Crippen molar-refractivity contribution in [1.82, 2.24) is 20.0 Å². The van der Waals surface area contributed by atoms with Crippen LogP contribution in [0.4, 0.5) is 10.1 Å². The minimum absolute atomic E-state index is 0.0588. The maximum atomic E-state index is 14.1. The van der Waals surface area contributed by atoms with Gasteiger partial charge in [-0.2, -0.15) is 0 Å². The van der Waals surface area contributed by atoms with Crippen LogP contribution in [0.1, 0.15) is 24.5 Å². The van der Waals surface area contributed by atoms with Crippen LogP contribution in [0.15, 0.2) is 12.1 Å². The van der Waals surface area contributed by atoms with Crippen LogP contribution < -0.4 is 10.6 Å². The van der Waals surface area contributed by atoms with E-state index in [1.165, 1.54) is 6.07 Å². The topological polar surface area (TPSA) is 67.9 Å². The van der Waals surface area contributed by atoms with Gasteiger partial charge in [-0.15, -0.1) is 0 Å². The summed E-state index contributed by atoms with van der Waals surface area (Å²) >= 11 is 0. The number of aryl methyl sites for hydroxylation is 1. The first-order valence-corrected chi connectivity index (χ1v) is 10.8. The molecule has 1 aromatic carbocycles. The van der Waals surface area contributed by atoms with E-state index in [4.69, 9.17) is 0 Å². The summed E-state index contributed by atoms with van der Waals surface area (Å²) in [4.78, 5) is 31.1. The van der Waals surface area contributed by atoms with E-state index < -0.39 is 6.04 Å². The summed E-state index contributed by atoms with van der Waals surface area (Å²) in [6.07, 6.45) is 1.27. The average Bonchev–Trinajstić information content (AvgIpc) is 3.17. The quantitative estimate of drug-likeness (QED) is 0.763. The van der Waals surface area contributed by atoms with E-state index >= 15 is 0 Å². The molecule has 2 fully saturated rings. The van der Waals surface area contributed by atoms with Gasteiger partial charge in [-0.1, -0.05) is 6.07 Å². The molecule has 0 aliphatic carbocycles. The molecule has 2 saturated heterocycles. The summed E-state index contributed by atoms with van der Waals surface area (Å²) in [6.45, 7) is 8.60. The summed E-state index contributed by atoms with van der Waals surface area (Å²) in [5, 5.41) is 6.42. The van der Waals surface area contributed by atoms with Gasteiger partial charge in [0.25, 0.3) is 0 Å². The Morgan fingerprint density at radius 3 is 2.57 bits per heavy atom. The molecule has 7 nitrogen and oxygen atoms in total. The molecule has 3 unspecified atom stereocenters. The molecule has 164 valence electrons. The first-order chi connectivity index (χ1) is 14.3. The Labute approximate surface area is 177 Å². The second-order valence-corrected chi connectivity index (χ2v) is 8.98. The molecular weight excluding hydrogens is 385 g/mol. The number of fused-ring (bicyclic) bond motifs is 1. The van der Waals surface area contributed by atoms with Crippen LogP contribution in [0.5, 0.6) is 0 Å². The zero-order valence-electron chi connectivity index (χ0n) is 18.1. The summed E-state index contributed by atoms with van der Waals surface area (Å²) in [6, 6.07) is 3.21. The van der Waals surface area contributed by atoms with Gasteiger partial charge in [-0.05, 0) is 32.0 Å². The van der Waals surface area contributed by atoms with Crippen molar-refractivity contribution < 1.29 is 14.0 Å². The fourth-order valence-corrected chi connectivity index (χ4v) is 5.09. The van der Waals surface area contributed by atoms with E-state index in [0.717, 1.165) is 56.9 Å². The van der Waals surface area contributed by atoms with Crippen molar-refractivity contribution >= 4 is 17.5 Å². The summed E-state index contributed by atoms with van der Waals surface area (Å²) in [5.74, 6) is -0.177. The highest BCUT2D eigenvalue weighted by Crippen LogP contribution is 2.31. The maximum absolute atomic E-state index is 14.1. The number of halogens is 1. The van der Waals surface area contributed by atoms with Crippen LogP contribution in [0.3, 0.4) is 0 Å². The molecule has 0 radical (unpaired) electrons. The smallest absolute Gasteiger partial charge is 0.243 e. The van der Waals surface area contributed by atoms with E-state index in [1.807, 2.05) is 11.8 Å². The molecule has 3 aliphatic heterocycles. The summed E-state index contributed by atoms with van der Waals surface area (Å²) < 4.78 is 14.1. The number of piperazine rings is 1. The fourth-order valence-electron chi connectivity index (χ4n) is 5.09. The highest BCUT2D eigenvalue weighted by molar-refractivity contribution is 5.88. The lowest BCUT2D eigenvalue weighted by atomic mass is 9.98. The van der Waals surface area contributed by atoms with E-state index in [2.05, 4.69) is 27.5 Å². The number of hydrogen-bond donors (Lipinski definition) is 2. The van der Waals surface area contributed by atoms with E-state index in [0.29, 0.717) is 18.0 Å². The van der Waals surface area contributed by atoms with Crippen molar-refractivity contribution in [3.63, 3.8) is 0 Å². The van der Waals surface area contributed by atoms with Crippen LogP contribution in [-0.4, -0.2) is 91.0 Å². The van der Waals surface area contributed by atoms with Gasteiger partial charge in [0.1, 0.15) is 11.9 Å². The Morgan fingerprint density at radius 1 is 1.17 bits per heavy atom. The van der Waals surface area contributed by atoms with Crippen molar-refractivity contribution in [2.24, 2.45) is 0 Å². The number of likely N-dealkylation sites (N-methyl/N-ethyl adjacent to an activating group) is 1. The van der Waals surface area contributed by atoms with Gasteiger partial charge in [0, 0.05) is 75.9 Å². The molecular formula is C22H32FN5O2. The highest BCUT2D eigenvalue weighted by atomic mass is 19.1. The number of piperidine rings is 1. The zero-order valence-corrected chi connectivity index (χ0v) is 18.1. The number of nitrogens with zero attached hydrogens (tertiary/aromatic N) is 3. The largest absolute Gasteiger partial charge is 0.373 e. The lowest BCUT2D eigenvalue weighted by Crippen LogP contribution is -2.60. The number of amides is 2. The van der Waals surface area contributed by atoms with Gasteiger partial charge in [-0.25, -0.2) is 4.39 Å². The fraction of sp³-hybridized carbons (Fsp3) is 0.636. The van der Waals surface area contributed by atoms with Crippen LogP contribution in [-0.2, 0) is 16.0 Å². The minimum atomic E-state index is -0.430. The molecule has 0 bridgehead atoms. The Morgan fingerprint density at radius 2 is 1.90 bits per heavy atom. The minimum Gasteiger partial charge on any atom is -0.373 e. The number of anilines is 1. The molecule has 0 spiro atoms. The van der Waals surface area contributed by atoms with Crippen molar-refractivity contribution in [2.75, 3.05) is 51.6 Å². The van der Waals surface area contributed by atoms with Gasteiger partial charge >= 0.3 is 0 Å². The molecule has 0 aromatic heterocycles. The second kappa shape index (κ2) is 8.51. The predicted molar refractivity (Wildman–Crippen MR) is 114 cm³/mol. The monoisotopic (exact) mass is 417 g/mol. The third-order valence-electron chi connectivity index (χ3n) is 6.74. The first-order valence-electron chi connectivity index (χ1n) is 10.8. The van der Waals surface area contributed by atoms with Gasteiger partial charge in [-0.3, -0.25) is 14.5 Å². The molecule has 2 amide bonds. The average molecular weight is 418 g/mol. The number of carbonyl (C=O) groups excluding carboxylic acids is 2. The maximum Gasteiger partial charge on any atom is 0.243 e. The Bertz CT molecular complexity index is 793. The number of hydrogen-bond acceptors (Lipinski definition) is 5. The number of benzene rings is 1. The van der Waals surface area contributed by atoms with Crippen LogP contribution in [0.25, 0.3) is 0 Å². The summed E-state index contributed by atoms with van der Waals surface area (Å²) in [7, 11) is 2.08. The first kappa shape index (κ1) is 21.1. The molecule has 3 aliphatic rings. The van der Waals surface area contributed by atoms with Crippen LogP contribution >= 0.6 is 0 Å². The molecule has 3 atom stereocenters. The molecule has 4 rings (SSSR count). The standard InChI is InChI=1S/C22H32FN5O2/c1-14-4-5-19(23)18-11-20(25-21(14)18)22(30)24-16-10-17(13-26(3)12-16)28-8-6-27(7-9-28)15(2)29/h4-5,16-17,20,25H,6-13H2,1-3H3,(H,24,30). The number of carbonyl (C=O) groups is 2. The SMILES string of the molecule is CC(=O)N1CCN(C2CC(NC(=O)C3Cc4c(F)ccc(C)c4N3)CN(C)C2)CC1. The van der Waals surface area contributed by atoms with Crippen molar-refractivity contribution in [3.05, 3.63) is 29.1 Å². The molecule has 30 heavy (non-hydrogen) atoms. The lowest BCUT2D eigenvalue weighted by molar-refractivity contribution is -0.131. The van der Waals surface area contributed by atoms with Gasteiger partial charge in [0.05, 0.1) is 0 Å². The third-order valence-corrected chi connectivity index (χ3v) is 6.74. The molecule has 0 saturated carbocycles. The normalized spacial score (nSPS) is 27.5. The van der Waals surface area contributed by atoms with Gasteiger partial charge in [0.2, 0.25) is 11.8 Å². The lowest BCUT2D eigenvalue weighted by Gasteiger charge is -2.44. The van der Waals surface area contributed by atoms with E-state index in [9.17, 15) is 14.0 Å². The van der Waals surface area contributed by atoms with Gasteiger partial charge in [0.15, 0.2) is 0 Å². The summed E-state index contributed by atoms with van der Waals surface area (Å²) in [5.41, 5.74) is 2.33. The Balaban J connectivity index is 1.34. The highest BCUT2D eigenvalue weighted by Gasteiger charge is 2.35. The second-order valence-electron chi connectivity index (χ2n) is 8.98. The number of rotatable bonds is 3. The third kappa shape index (κ3) is 4.30. The van der Waals surface area contributed by atoms with Crippen molar-refractivity contribution in [2.45, 2.75) is 44.8 Å². The number of nitrogens with one attached hydrogen (secondary N) is 2. The van der Waals surface area contributed by atoms with E-state index in [1.54, 1.807) is 13.0 Å².